The zero-order chi connectivity index (χ0) is 13.3. The highest BCUT2D eigenvalue weighted by Gasteiger charge is 2.14. The van der Waals surface area contributed by atoms with E-state index in [1.807, 2.05) is 20.9 Å². The number of carbonyl (C=O) groups excluding carboxylic acids is 1. The third-order valence-electron chi connectivity index (χ3n) is 2.95. The van der Waals surface area contributed by atoms with Crippen LogP contribution in [0.15, 0.2) is 18.3 Å². The number of rotatable bonds is 2. The first-order valence-electron chi connectivity index (χ1n) is 5.59. The molecule has 2 aromatic heterocycles. The zero-order valence-electron chi connectivity index (χ0n) is 10.9. The lowest BCUT2D eigenvalue weighted by Gasteiger charge is -2.04. The molecule has 0 N–H and O–H groups in total. The van der Waals surface area contributed by atoms with Crippen molar-refractivity contribution in [2.24, 2.45) is 7.05 Å². The topological polar surface area (TPSA) is 57.0 Å². The third kappa shape index (κ3) is 1.99. The summed E-state index contributed by atoms with van der Waals surface area (Å²) in [5, 5.41) is 4.34. The molecule has 0 unspecified atom stereocenters. The van der Waals surface area contributed by atoms with Gasteiger partial charge in [0.2, 0.25) is 0 Å². The first-order valence-corrected chi connectivity index (χ1v) is 5.59. The molecule has 0 aliphatic carbocycles. The minimum Gasteiger partial charge on any atom is -0.465 e. The normalized spacial score (nSPS) is 10.4. The summed E-state index contributed by atoms with van der Waals surface area (Å²) in [5.41, 5.74) is 4.10. The average Bonchev–Trinajstić information content (AvgIpc) is 2.62. The Balaban J connectivity index is 2.54. The van der Waals surface area contributed by atoms with Crippen molar-refractivity contribution in [2.45, 2.75) is 13.8 Å². The summed E-state index contributed by atoms with van der Waals surface area (Å²) in [4.78, 5) is 15.8. The second kappa shape index (κ2) is 4.60. The van der Waals surface area contributed by atoms with Gasteiger partial charge in [-0.3, -0.25) is 9.67 Å². The van der Waals surface area contributed by atoms with E-state index in [-0.39, 0.29) is 5.97 Å². The average molecular weight is 245 g/mol. The maximum Gasteiger partial charge on any atom is 0.337 e. The van der Waals surface area contributed by atoms with Gasteiger partial charge in [-0.15, -0.1) is 0 Å². The number of ether oxygens (including phenoxy) is 1. The fourth-order valence-corrected chi connectivity index (χ4v) is 1.96. The van der Waals surface area contributed by atoms with Gasteiger partial charge < -0.3 is 4.74 Å². The molecule has 2 rings (SSSR count). The highest BCUT2D eigenvalue weighted by Crippen LogP contribution is 2.25. The van der Waals surface area contributed by atoms with E-state index in [9.17, 15) is 4.79 Å². The lowest BCUT2D eigenvalue weighted by molar-refractivity contribution is 0.0600. The van der Waals surface area contributed by atoms with Crippen LogP contribution >= 0.6 is 0 Å². The number of carbonyl (C=O) groups is 1. The van der Waals surface area contributed by atoms with Gasteiger partial charge >= 0.3 is 5.97 Å². The minimum absolute atomic E-state index is 0.363. The summed E-state index contributed by atoms with van der Waals surface area (Å²) in [7, 11) is 3.25. The maximum atomic E-state index is 11.5. The molecule has 0 radical (unpaired) electrons. The monoisotopic (exact) mass is 245 g/mol. The van der Waals surface area contributed by atoms with Crippen molar-refractivity contribution in [1.29, 1.82) is 0 Å². The molecule has 0 spiro atoms. The fraction of sp³-hybridized carbons (Fsp3) is 0.308. The standard InChI is InChI=1S/C13H15N3O2/c1-8-12(9(2)16(3)15-8)11-7-10(5-6-14-11)13(17)18-4/h5-7H,1-4H3. The van der Waals surface area contributed by atoms with Gasteiger partial charge in [0.05, 0.1) is 24.1 Å². The number of pyridine rings is 1. The molecule has 5 nitrogen and oxygen atoms in total. The summed E-state index contributed by atoms with van der Waals surface area (Å²) in [6, 6.07) is 3.36. The van der Waals surface area contributed by atoms with Gasteiger partial charge in [-0.25, -0.2) is 4.79 Å². The molecule has 0 aliphatic rings. The Hall–Kier alpha value is -2.17. The van der Waals surface area contributed by atoms with Gasteiger partial charge in [-0.05, 0) is 26.0 Å². The smallest absolute Gasteiger partial charge is 0.337 e. The molecule has 0 amide bonds. The minimum atomic E-state index is -0.363. The molecule has 0 fully saturated rings. The second-order valence-electron chi connectivity index (χ2n) is 4.09. The summed E-state index contributed by atoms with van der Waals surface area (Å²) in [6.45, 7) is 3.90. The van der Waals surface area contributed by atoms with Crippen molar-refractivity contribution in [3.63, 3.8) is 0 Å². The van der Waals surface area contributed by atoms with Crippen molar-refractivity contribution >= 4 is 5.97 Å². The fourth-order valence-electron chi connectivity index (χ4n) is 1.96. The van der Waals surface area contributed by atoms with Gasteiger partial charge in [0.1, 0.15) is 0 Å². The van der Waals surface area contributed by atoms with Crippen LogP contribution in [0.3, 0.4) is 0 Å². The highest BCUT2D eigenvalue weighted by atomic mass is 16.5. The van der Waals surface area contributed by atoms with Crippen LogP contribution in [0.2, 0.25) is 0 Å². The predicted octanol–water partition coefficient (Wildman–Crippen LogP) is 1.89. The number of methoxy groups -OCH3 is 1. The Bertz CT molecular complexity index is 602. The van der Waals surface area contributed by atoms with E-state index in [0.717, 1.165) is 22.6 Å². The molecule has 0 saturated heterocycles. The van der Waals surface area contributed by atoms with E-state index in [1.54, 1.807) is 23.0 Å². The van der Waals surface area contributed by atoms with Crippen molar-refractivity contribution in [3.05, 3.63) is 35.3 Å². The van der Waals surface area contributed by atoms with Crippen LogP contribution in [0, 0.1) is 13.8 Å². The van der Waals surface area contributed by atoms with E-state index in [0.29, 0.717) is 5.56 Å². The van der Waals surface area contributed by atoms with E-state index >= 15 is 0 Å². The van der Waals surface area contributed by atoms with Crippen molar-refractivity contribution in [1.82, 2.24) is 14.8 Å². The number of aryl methyl sites for hydroxylation is 2. The molecular weight excluding hydrogens is 230 g/mol. The van der Waals surface area contributed by atoms with Gasteiger partial charge in [-0.2, -0.15) is 5.10 Å². The Labute approximate surface area is 105 Å². The molecular formula is C13H15N3O2. The Kier molecular flexibility index (Phi) is 3.14. The van der Waals surface area contributed by atoms with E-state index in [1.165, 1.54) is 7.11 Å². The first-order chi connectivity index (χ1) is 8.54. The lowest BCUT2D eigenvalue weighted by atomic mass is 10.1. The SMILES string of the molecule is COC(=O)c1ccnc(-c2c(C)nn(C)c2C)c1. The maximum absolute atomic E-state index is 11.5. The van der Waals surface area contributed by atoms with Crippen LogP contribution in [0.5, 0.6) is 0 Å². The first kappa shape index (κ1) is 12.3. The van der Waals surface area contributed by atoms with Crippen LogP contribution in [0.4, 0.5) is 0 Å². The third-order valence-corrected chi connectivity index (χ3v) is 2.95. The predicted molar refractivity (Wildman–Crippen MR) is 67.3 cm³/mol. The van der Waals surface area contributed by atoms with Crippen molar-refractivity contribution < 1.29 is 9.53 Å². The zero-order valence-corrected chi connectivity index (χ0v) is 10.9. The Morgan fingerprint density at radius 1 is 1.39 bits per heavy atom. The van der Waals surface area contributed by atoms with Crippen LogP contribution in [0.25, 0.3) is 11.3 Å². The van der Waals surface area contributed by atoms with Crippen LogP contribution in [-0.2, 0) is 11.8 Å². The second-order valence-corrected chi connectivity index (χ2v) is 4.09. The summed E-state index contributed by atoms with van der Waals surface area (Å²) in [5.74, 6) is -0.363. The van der Waals surface area contributed by atoms with Gasteiger partial charge in [0.15, 0.2) is 0 Å². The lowest BCUT2D eigenvalue weighted by Crippen LogP contribution is -2.02. The molecule has 0 saturated carbocycles. The number of aromatic nitrogens is 3. The molecule has 0 bridgehead atoms. The molecule has 94 valence electrons. The van der Waals surface area contributed by atoms with E-state index < -0.39 is 0 Å². The molecule has 0 aromatic carbocycles. The van der Waals surface area contributed by atoms with Gasteiger partial charge in [0, 0.05) is 24.5 Å². The van der Waals surface area contributed by atoms with Crippen LogP contribution in [0.1, 0.15) is 21.7 Å². The van der Waals surface area contributed by atoms with Gasteiger partial charge in [-0.1, -0.05) is 0 Å². The molecule has 0 atom stereocenters. The molecule has 5 heteroatoms. The van der Waals surface area contributed by atoms with E-state index in [4.69, 9.17) is 4.74 Å². The summed E-state index contributed by atoms with van der Waals surface area (Å²) >= 11 is 0. The van der Waals surface area contributed by atoms with Gasteiger partial charge in [0.25, 0.3) is 0 Å². The quantitative estimate of drug-likeness (QED) is 0.758. The van der Waals surface area contributed by atoms with Crippen LogP contribution in [-0.4, -0.2) is 27.8 Å². The van der Waals surface area contributed by atoms with E-state index in [2.05, 4.69) is 10.1 Å². The molecule has 0 aliphatic heterocycles. The molecule has 2 heterocycles. The molecule has 18 heavy (non-hydrogen) atoms. The van der Waals surface area contributed by atoms with Crippen molar-refractivity contribution in [2.75, 3.05) is 7.11 Å². The number of hydrogen-bond donors (Lipinski definition) is 0. The summed E-state index contributed by atoms with van der Waals surface area (Å²) in [6.07, 6.45) is 1.60. The van der Waals surface area contributed by atoms with Crippen LogP contribution < -0.4 is 0 Å². The Morgan fingerprint density at radius 3 is 2.67 bits per heavy atom. The number of hydrogen-bond acceptors (Lipinski definition) is 4. The van der Waals surface area contributed by atoms with Crippen molar-refractivity contribution in [3.8, 4) is 11.3 Å². The highest BCUT2D eigenvalue weighted by molar-refractivity contribution is 5.90. The Morgan fingerprint density at radius 2 is 2.11 bits per heavy atom. The molecule has 2 aromatic rings. The summed E-state index contributed by atoms with van der Waals surface area (Å²) < 4.78 is 6.51. The number of esters is 1. The largest absolute Gasteiger partial charge is 0.465 e. The number of nitrogens with zero attached hydrogens (tertiary/aromatic N) is 3.